The second kappa shape index (κ2) is 5.31. The van der Waals surface area contributed by atoms with Gasteiger partial charge >= 0.3 is 5.69 Å². The van der Waals surface area contributed by atoms with E-state index in [-0.39, 0.29) is 11.5 Å². The van der Waals surface area contributed by atoms with Crippen molar-refractivity contribution < 1.29 is 0 Å². The average molecular weight is 325 g/mol. The molecule has 0 saturated carbocycles. The van der Waals surface area contributed by atoms with Crippen LogP contribution in [0, 0.1) is 0 Å². The second-order valence-corrected chi connectivity index (χ2v) is 4.98. The van der Waals surface area contributed by atoms with Crippen LogP contribution in [0.2, 0.25) is 0 Å². The van der Waals surface area contributed by atoms with E-state index in [1.807, 2.05) is 24.3 Å². The van der Waals surface area contributed by atoms with Crippen LogP contribution >= 0.6 is 15.9 Å². The van der Waals surface area contributed by atoms with E-state index >= 15 is 0 Å². The number of aromatic amines is 1. The van der Waals surface area contributed by atoms with Crippen LogP contribution in [-0.4, -0.2) is 9.55 Å². The summed E-state index contributed by atoms with van der Waals surface area (Å²) in [5, 5.41) is 2.94. The Balaban J connectivity index is 2.28. The summed E-state index contributed by atoms with van der Waals surface area (Å²) in [5.74, 6) is 0.115. The fourth-order valence-corrected chi connectivity index (χ4v) is 2.09. The number of rotatable bonds is 3. The van der Waals surface area contributed by atoms with Gasteiger partial charge in [0.25, 0.3) is 5.56 Å². The smallest absolute Gasteiger partial charge is 0.329 e. The van der Waals surface area contributed by atoms with Gasteiger partial charge < -0.3 is 11.1 Å². The van der Waals surface area contributed by atoms with Gasteiger partial charge in [0.1, 0.15) is 11.5 Å². The minimum Gasteiger partial charge on any atom is -0.383 e. The first-order chi connectivity index (χ1) is 8.99. The Labute approximate surface area is 117 Å². The highest BCUT2D eigenvalue weighted by Crippen LogP contribution is 2.14. The number of H-pyrrole nitrogens is 1. The van der Waals surface area contributed by atoms with Crippen LogP contribution in [-0.2, 0) is 13.6 Å². The van der Waals surface area contributed by atoms with Crippen LogP contribution in [0.3, 0.4) is 0 Å². The molecule has 1 aromatic heterocycles. The summed E-state index contributed by atoms with van der Waals surface area (Å²) in [6.45, 7) is 0.435. The highest BCUT2D eigenvalue weighted by Gasteiger charge is 2.09. The first-order valence-corrected chi connectivity index (χ1v) is 6.35. The number of anilines is 2. The molecule has 0 aliphatic rings. The van der Waals surface area contributed by atoms with Crippen LogP contribution in [0.5, 0.6) is 0 Å². The van der Waals surface area contributed by atoms with Crippen LogP contribution in [0.25, 0.3) is 0 Å². The van der Waals surface area contributed by atoms with Gasteiger partial charge in [-0.05, 0) is 17.7 Å². The van der Waals surface area contributed by atoms with Crippen LogP contribution in [0.1, 0.15) is 5.56 Å². The molecule has 0 aliphatic carbocycles. The van der Waals surface area contributed by atoms with Crippen molar-refractivity contribution in [3.05, 3.63) is 55.1 Å². The number of nitrogen functional groups attached to an aromatic ring is 1. The third-order valence-corrected chi connectivity index (χ3v) is 3.22. The lowest BCUT2D eigenvalue weighted by Crippen LogP contribution is -2.32. The van der Waals surface area contributed by atoms with Crippen molar-refractivity contribution in [2.45, 2.75) is 6.54 Å². The SMILES string of the molecule is Cn1c(N)c(NCc2cccc(Br)c2)c(=O)[nH]c1=O. The minimum absolute atomic E-state index is 0.115. The Morgan fingerprint density at radius 3 is 2.84 bits per heavy atom. The van der Waals surface area contributed by atoms with Crippen LogP contribution in [0.4, 0.5) is 11.5 Å². The van der Waals surface area contributed by atoms with E-state index in [0.29, 0.717) is 6.54 Å². The number of hydrogen-bond acceptors (Lipinski definition) is 4. The maximum absolute atomic E-state index is 11.7. The molecule has 1 aromatic carbocycles. The van der Waals surface area contributed by atoms with Crippen LogP contribution in [0.15, 0.2) is 38.3 Å². The Morgan fingerprint density at radius 1 is 1.42 bits per heavy atom. The lowest BCUT2D eigenvalue weighted by molar-refractivity contribution is 0.812. The van der Waals surface area contributed by atoms with E-state index in [2.05, 4.69) is 26.2 Å². The lowest BCUT2D eigenvalue weighted by atomic mass is 10.2. The first-order valence-electron chi connectivity index (χ1n) is 5.56. The fraction of sp³-hybridized carbons (Fsp3) is 0.167. The minimum atomic E-state index is -0.532. The molecule has 100 valence electrons. The molecule has 0 bridgehead atoms. The highest BCUT2D eigenvalue weighted by molar-refractivity contribution is 9.10. The number of nitrogens with zero attached hydrogens (tertiary/aromatic N) is 1. The molecule has 4 N–H and O–H groups in total. The molecule has 0 radical (unpaired) electrons. The third kappa shape index (κ3) is 2.87. The summed E-state index contributed by atoms with van der Waals surface area (Å²) < 4.78 is 2.14. The van der Waals surface area contributed by atoms with Gasteiger partial charge in [-0.1, -0.05) is 28.1 Å². The van der Waals surface area contributed by atoms with Crippen molar-refractivity contribution in [2.75, 3.05) is 11.1 Å². The monoisotopic (exact) mass is 324 g/mol. The van der Waals surface area contributed by atoms with Gasteiger partial charge in [0.05, 0.1) is 0 Å². The molecule has 0 amide bonds. The van der Waals surface area contributed by atoms with E-state index in [9.17, 15) is 9.59 Å². The molecule has 2 rings (SSSR count). The summed E-state index contributed by atoms with van der Waals surface area (Å²) in [5.41, 5.74) is 5.88. The predicted octanol–water partition coefficient (Wildman–Crippen LogP) is 1.03. The lowest BCUT2D eigenvalue weighted by Gasteiger charge is -2.10. The highest BCUT2D eigenvalue weighted by atomic mass is 79.9. The van der Waals surface area contributed by atoms with Crippen molar-refractivity contribution in [2.24, 2.45) is 7.05 Å². The largest absolute Gasteiger partial charge is 0.383 e. The first kappa shape index (κ1) is 13.4. The van der Waals surface area contributed by atoms with Crippen molar-refractivity contribution in [1.29, 1.82) is 0 Å². The Bertz CT molecular complexity index is 720. The fourth-order valence-electron chi connectivity index (χ4n) is 1.65. The van der Waals surface area contributed by atoms with E-state index in [4.69, 9.17) is 5.73 Å². The predicted molar refractivity (Wildman–Crippen MR) is 78.2 cm³/mol. The number of nitrogens with two attached hydrogens (primary N) is 1. The zero-order valence-electron chi connectivity index (χ0n) is 10.2. The second-order valence-electron chi connectivity index (χ2n) is 4.06. The summed E-state index contributed by atoms with van der Waals surface area (Å²) in [4.78, 5) is 25.2. The molecule has 0 spiro atoms. The van der Waals surface area contributed by atoms with Gasteiger partial charge in [-0.3, -0.25) is 14.3 Å². The average Bonchev–Trinajstić information content (AvgIpc) is 2.36. The molecular formula is C12H13BrN4O2. The van der Waals surface area contributed by atoms with Crippen LogP contribution < -0.4 is 22.3 Å². The summed E-state index contributed by atoms with van der Waals surface area (Å²) >= 11 is 3.37. The molecule has 2 aromatic rings. The topological polar surface area (TPSA) is 92.9 Å². The number of benzene rings is 1. The van der Waals surface area contributed by atoms with E-state index in [0.717, 1.165) is 10.0 Å². The van der Waals surface area contributed by atoms with Gasteiger partial charge in [-0.2, -0.15) is 0 Å². The molecule has 0 aliphatic heterocycles. The van der Waals surface area contributed by atoms with Gasteiger partial charge in [-0.15, -0.1) is 0 Å². The molecule has 1 heterocycles. The Morgan fingerprint density at radius 2 is 2.16 bits per heavy atom. The maximum Gasteiger partial charge on any atom is 0.329 e. The van der Waals surface area contributed by atoms with Gasteiger partial charge in [0.15, 0.2) is 0 Å². The van der Waals surface area contributed by atoms with Crippen molar-refractivity contribution in [3.8, 4) is 0 Å². The molecule has 0 unspecified atom stereocenters. The zero-order chi connectivity index (χ0) is 14.0. The Hall–Kier alpha value is -2.02. The summed E-state index contributed by atoms with van der Waals surface area (Å²) in [7, 11) is 1.50. The zero-order valence-corrected chi connectivity index (χ0v) is 11.8. The van der Waals surface area contributed by atoms with Crippen molar-refractivity contribution in [3.63, 3.8) is 0 Å². The number of aromatic nitrogens is 2. The summed E-state index contributed by atoms with van der Waals surface area (Å²) in [6.07, 6.45) is 0. The van der Waals surface area contributed by atoms with Gasteiger partial charge in [-0.25, -0.2) is 4.79 Å². The van der Waals surface area contributed by atoms with E-state index in [1.54, 1.807) is 0 Å². The Kier molecular flexibility index (Phi) is 3.75. The van der Waals surface area contributed by atoms with Gasteiger partial charge in [0, 0.05) is 18.1 Å². The standard InChI is InChI=1S/C12H13BrN4O2/c1-17-10(14)9(11(18)16-12(17)19)15-6-7-3-2-4-8(13)5-7/h2-5,15H,6,14H2,1H3,(H,16,18,19). The molecule has 19 heavy (non-hydrogen) atoms. The molecule has 7 heteroatoms. The quantitative estimate of drug-likeness (QED) is 0.786. The van der Waals surface area contributed by atoms with Crippen molar-refractivity contribution >= 4 is 27.4 Å². The third-order valence-electron chi connectivity index (χ3n) is 2.73. The molecule has 0 saturated heterocycles. The molecule has 6 nitrogen and oxygen atoms in total. The number of halogens is 1. The van der Waals surface area contributed by atoms with E-state index in [1.165, 1.54) is 11.6 Å². The molecular weight excluding hydrogens is 312 g/mol. The molecule has 0 atom stereocenters. The normalized spacial score (nSPS) is 10.4. The van der Waals surface area contributed by atoms with E-state index < -0.39 is 11.2 Å². The van der Waals surface area contributed by atoms with Crippen molar-refractivity contribution in [1.82, 2.24) is 9.55 Å². The number of hydrogen-bond donors (Lipinski definition) is 3. The summed E-state index contributed by atoms with van der Waals surface area (Å²) in [6, 6.07) is 7.66. The van der Waals surface area contributed by atoms with Gasteiger partial charge in [0.2, 0.25) is 0 Å². The maximum atomic E-state index is 11.7. The molecule has 0 fully saturated rings. The number of nitrogens with one attached hydrogen (secondary N) is 2.